The summed E-state index contributed by atoms with van der Waals surface area (Å²) in [7, 11) is 0. The number of piperidine rings is 1. The molecule has 0 radical (unpaired) electrons. The third kappa shape index (κ3) is 3.76. The molecule has 2 rings (SSSR count). The number of hydrogen-bond donors (Lipinski definition) is 1. The Hall–Kier alpha value is 0.0700. The van der Waals surface area contributed by atoms with Crippen molar-refractivity contribution in [3.63, 3.8) is 0 Å². The third-order valence-electron chi connectivity index (χ3n) is 3.62. The Balaban J connectivity index is 0.00000144. The van der Waals surface area contributed by atoms with E-state index in [9.17, 15) is 4.79 Å². The number of nitrogens with zero attached hydrogens (tertiary/aromatic N) is 1. The van der Waals surface area contributed by atoms with E-state index in [-0.39, 0.29) is 17.8 Å². The fourth-order valence-corrected chi connectivity index (χ4v) is 3.46. The van der Waals surface area contributed by atoms with E-state index in [1.165, 1.54) is 5.75 Å². The molecule has 2 heterocycles. The van der Waals surface area contributed by atoms with Gasteiger partial charge in [0.15, 0.2) is 0 Å². The molecular weight excluding hydrogens is 256 g/mol. The molecule has 0 aliphatic carbocycles. The van der Waals surface area contributed by atoms with Crippen LogP contribution in [0.2, 0.25) is 0 Å². The van der Waals surface area contributed by atoms with Crippen molar-refractivity contribution in [3.05, 3.63) is 0 Å². The van der Waals surface area contributed by atoms with E-state index in [0.717, 1.165) is 51.2 Å². The number of amides is 1. The molecule has 0 bridgehead atoms. The van der Waals surface area contributed by atoms with E-state index < -0.39 is 0 Å². The monoisotopic (exact) mass is 278 g/mol. The first-order chi connectivity index (χ1) is 7.72. The van der Waals surface area contributed by atoms with Crippen molar-refractivity contribution in [2.45, 2.75) is 26.2 Å². The molecule has 3 nitrogen and oxygen atoms in total. The fraction of sp³-hybridized carbons (Fsp3) is 0.917. The van der Waals surface area contributed by atoms with Crippen LogP contribution < -0.4 is 5.32 Å². The van der Waals surface area contributed by atoms with Crippen LogP contribution in [0.25, 0.3) is 0 Å². The van der Waals surface area contributed by atoms with Gasteiger partial charge in [0, 0.05) is 25.4 Å². The molecular formula is C12H23ClN2OS. The van der Waals surface area contributed by atoms with Crippen LogP contribution in [-0.2, 0) is 4.79 Å². The number of hydrogen-bond acceptors (Lipinski definition) is 3. The van der Waals surface area contributed by atoms with Gasteiger partial charge in [0.25, 0.3) is 0 Å². The zero-order chi connectivity index (χ0) is 11.4. The van der Waals surface area contributed by atoms with E-state index >= 15 is 0 Å². The smallest absolute Gasteiger partial charge is 0.229 e. The highest BCUT2D eigenvalue weighted by Gasteiger charge is 2.37. The molecule has 1 amide bonds. The molecule has 0 aromatic heterocycles. The number of carbonyl (C=O) groups excluding carboxylic acids is 1. The van der Waals surface area contributed by atoms with E-state index in [1.54, 1.807) is 0 Å². The van der Waals surface area contributed by atoms with Gasteiger partial charge in [-0.1, -0.05) is 0 Å². The first-order valence-electron chi connectivity index (χ1n) is 6.30. The number of thioether (sulfide) groups is 1. The van der Waals surface area contributed by atoms with Crippen molar-refractivity contribution in [3.8, 4) is 0 Å². The molecule has 0 saturated carbocycles. The van der Waals surface area contributed by atoms with Crippen LogP contribution in [0.3, 0.4) is 0 Å². The lowest BCUT2D eigenvalue weighted by Crippen LogP contribution is -2.50. The Morgan fingerprint density at radius 1 is 1.29 bits per heavy atom. The molecule has 2 fully saturated rings. The van der Waals surface area contributed by atoms with Crippen LogP contribution >= 0.6 is 24.2 Å². The molecule has 0 aromatic rings. The average Bonchev–Trinajstić information content (AvgIpc) is 2.57. The minimum absolute atomic E-state index is 0. The fourth-order valence-electron chi connectivity index (χ4n) is 2.57. The summed E-state index contributed by atoms with van der Waals surface area (Å²) < 4.78 is 0. The van der Waals surface area contributed by atoms with E-state index in [2.05, 4.69) is 17.1 Å². The number of nitrogens with one attached hydrogen (secondary N) is 1. The Bertz CT molecular complexity index is 249. The normalized spacial score (nSPS) is 30.3. The summed E-state index contributed by atoms with van der Waals surface area (Å²) >= 11 is 1.97. The van der Waals surface area contributed by atoms with E-state index in [1.807, 2.05) is 11.8 Å². The van der Waals surface area contributed by atoms with Crippen LogP contribution in [0.15, 0.2) is 0 Å². The van der Waals surface area contributed by atoms with Gasteiger partial charge in [-0.2, -0.15) is 11.8 Å². The predicted molar refractivity (Wildman–Crippen MR) is 76.0 cm³/mol. The van der Waals surface area contributed by atoms with Crippen LogP contribution in [0.1, 0.15) is 26.2 Å². The Morgan fingerprint density at radius 3 is 2.82 bits per heavy atom. The maximum absolute atomic E-state index is 12.5. The topological polar surface area (TPSA) is 32.3 Å². The van der Waals surface area contributed by atoms with Crippen molar-refractivity contribution in [2.24, 2.45) is 5.41 Å². The van der Waals surface area contributed by atoms with Crippen LogP contribution in [0.4, 0.5) is 0 Å². The molecule has 0 aromatic carbocycles. The molecule has 5 heteroatoms. The summed E-state index contributed by atoms with van der Waals surface area (Å²) in [5.74, 6) is 2.69. The lowest BCUT2D eigenvalue weighted by Gasteiger charge is -2.37. The predicted octanol–water partition coefficient (Wildman–Crippen LogP) is 1.76. The average molecular weight is 279 g/mol. The van der Waals surface area contributed by atoms with Crippen molar-refractivity contribution in [2.75, 3.05) is 37.7 Å². The van der Waals surface area contributed by atoms with E-state index in [4.69, 9.17) is 0 Å². The lowest BCUT2D eigenvalue weighted by molar-refractivity contribution is -0.141. The van der Waals surface area contributed by atoms with Crippen molar-refractivity contribution in [1.29, 1.82) is 0 Å². The van der Waals surface area contributed by atoms with Crippen LogP contribution in [0, 0.1) is 5.41 Å². The van der Waals surface area contributed by atoms with Crippen molar-refractivity contribution < 1.29 is 4.79 Å². The zero-order valence-corrected chi connectivity index (χ0v) is 12.2. The van der Waals surface area contributed by atoms with Gasteiger partial charge in [0.2, 0.25) is 5.91 Å². The Labute approximate surface area is 114 Å². The molecule has 2 aliphatic rings. The molecule has 17 heavy (non-hydrogen) atoms. The van der Waals surface area contributed by atoms with Gasteiger partial charge in [-0.25, -0.2) is 0 Å². The van der Waals surface area contributed by atoms with Gasteiger partial charge in [0.1, 0.15) is 0 Å². The van der Waals surface area contributed by atoms with Crippen LogP contribution in [-0.4, -0.2) is 48.5 Å². The molecule has 1 unspecified atom stereocenters. The van der Waals surface area contributed by atoms with Crippen molar-refractivity contribution in [1.82, 2.24) is 10.2 Å². The van der Waals surface area contributed by atoms with E-state index in [0.29, 0.717) is 5.91 Å². The molecule has 2 saturated heterocycles. The lowest BCUT2D eigenvalue weighted by atomic mass is 9.81. The summed E-state index contributed by atoms with van der Waals surface area (Å²) in [5.41, 5.74) is -0.146. The molecule has 0 spiro atoms. The highest BCUT2D eigenvalue weighted by atomic mass is 35.5. The second-order valence-corrected chi connectivity index (χ2v) is 6.32. The highest BCUT2D eigenvalue weighted by Crippen LogP contribution is 2.28. The van der Waals surface area contributed by atoms with Gasteiger partial charge in [-0.15, -0.1) is 12.4 Å². The Kier molecular flexibility index (Phi) is 6.10. The van der Waals surface area contributed by atoms with Crippen molar-refractivity contribution >= 4 is 30.1 Å². The molecule has 2 aliphatic heterocycles. The number of carbonyl (C=O) groups is 1. The second kappa shape index (κ2) is 6.86. The van der Waals surface area contributed by atoms with Crippen LogP contribution in [0.5, 0.6) is 0 Å². The van der Waals surface area contributed by atoms with Gasteiger partial charge in [0.05, 0.1) is 5.41 Å². The summed E-state index contributed by atoms with van der Waals surface area (Å²) in [5, 5.41) is 3.36. The number of halogens is 1. The summed E-state index contributed by atoms with van der Waals surface area (Å²) in [6.45, 7) is 5.95. The maximum atomic E-state index is 12.5. The summed E-state index contributed by atoms with van der Waals surface area (Å²) in [6.07, 6.45) is 3.33. The largest absolute Gasteiger partial charge is 0.341 e. The SMILES string of the molecule is CC1(C(=O)N2CCCSCC2)CCCNC1.Cl. The maximum Gasteiger partial charge on any atom is 0.229 e. The highest BCUT2D eigenvalue weighted by molar-refractivity contribution is 7.99. The first kappa shape index (κ1) is 15.1. The minimum atomic E-state index is -0.146. The molecule has 1 atom stereocenters. The number of rotatable bonds is 1. The second-order valence-electron chi connectivity index (χ2n) is 5.10. The summed E-state index contributed by atoms with van der Waals surface area (Å²) in [4.78, 5) is 14.6. The third-order valence-corrected chi connectivity index (χ3v) is 4.67. The molecule has 1 N–H and O–H groups in total. The molecule has 100 valence electrons. The quantitative estimate of drug-likeness (QED) is 0.793. The Morgan fingerprint density at radius 2 is 2.12 bits per heavy atom. The standard InChI is InChI=1S/C12H22N2OS.ClH/c1-12(4-2-5-13-10-12)11(15)14-6-3-8-16-9-7-14;/h13H,2-10H2,1H3;1H. The van der Waals surface area contributed by atoms with Gasteiger partial charge in [-0.05, 0) is 38.5 Å². The summed E-state index contributed by atoms with van der Waals surface area (Å²) in [6, 6.07) is 0. The minimum Gasteiger partial charge on any atom is -0.341 e. The van der Waals surface area contributed by atoms with Gasteiger partial charge in [-0.3, -0.25) is 4.79 Å². The van der Waals surface area contributed by atoms with Gasteiger partial charge < -0.3 is 10.2 Å². The zero-order valence-electron chi connectivity index (χ0n) is 10.5. The van der Waals surface area contributed by atoms with Gasteiger partial charge >= 0.3 is 0 Å². The first-order valence-corrected chi connectivity index (χ1v) is 7.46.